The van der Waals surface area contributed by atoms with Crippen LogP contribution in [0.5, 0.6) is 0 Å². The Bertz CT molecular complexity index is 430. The first-order valence-electron chi connectivity index (χ1n) is 4.84. The Labute approximate surface area is 103 Å². The highest BCUT2D eigenvalue weighted by Crippen LogP contribution is 2.14. The van der Waals surface area contributed by atoms with Crippen LogP contribution in [0.3, 0.4) is 0 Å². The van der Waals surface area contributed by atoms with E-state index in [-0.39, 0.29) is 5.92 Å². The van der Waals surface area contributed by atoms with Crippen molar-refractivity contribution in [3.8, 4) is 0 Å². The van der Waals surface area contributed by atoms with Crippen molar-refractivity contribution in [3.05, 3.63) is 23.2 Å². The van der Waals surface area contributed by atoms with Gasteiger partial charge in [-0.15, -0.1) is 5.10 Å². The first-order chi connectivity index (χ1) is 7.60. The highest BCUT2D eigenvalue weighted by atomic mass is 79.9. The third kappa shape index (κ3) is 2.85. The van der Waals surface area contributed by atoms with Gasteiger partial charge in [0.2, 0.25) is 10.7 Å². The summed E-state index contributed by atoms with van der Waals surface area (Å²) in [5, 5.41) is 4.20. The monoisotopic (exact) mass is 283 g/mol. The average molecular weight is 284 g/mol. The number of aliphatic imine (C=N–C) groups is 2. The predicted octanol–water partition coefficient (Wildman–Crippen LogP) is 2.25. The summed E-state index contributed by atoms with van der Waals surface area (Å²) in [5.74, 6) is 1.55. The Balaban J connectivity index is 3.19. The smallest absolute Gasteiger partial charge is 0.247 e. The number of hydrogen-bond acceptors (Lipinski definition) is 3. The molecule has 0 aliphatic rings. The minimum absolute atomic E-state index is 0.245. The maximum absolute atomic E-state index is 4.28. The van der Waals surface area contributed by atoms with Crippen LogP contribution in [-0.2, 0) is 0 Å². The highest BCUT2D eigenvalue weighted by molar-refractivity contribution is 9.10. The molecule has 0 spiro atoms. The van der Waals surface area contributed by atoms with Crippen LogP contribution in [0, 0.1) is 0 Å². The van der Waals surface area contributed by atoms with Crippen molar-refractivity contribution in [2.45, 2.75) is 19.8 Å². The minimum Gasteiger partial charge on any atom is -0.253 e. The number of hydrogen-bond donors (Lipinski definition) is 0. The molecule has 16 heavy (non-hydrogen) atoms. The van der Waals surface area contributed by atoms with E-state index in [9.17, 15) is 0 Å². The lowest BCUT2D eigenvalue weighted by molar-refractivity contribution is 0.731. The second-order valence-electron chi connectivity index (χ2n) is 3.34. The molecular formula is C10H14BrN5. The molecule has 1 heterocycles. The van der Waals surface area contributed by atoms with Gasteiger partial charge in [-0.25, -0.2) is 9.98 Å². The summed E-state index contributed by atoms with van der Waals surface area (Å²) < 4.78 is 2.15. The van der Waals surface area contributed by atoms with Crippen molar-refractivity contribution in [1.29, 1.82) is 0 Å². The quantitative estimate of drug-likeness (QED) is 0.618. The number of allylic oxidation sites excluding steroid dienone is 1. The number of rotatable bonds is 2. The molecule has 1 aromatic rings. The average Bonchev–Trinajstić information content (AvgIpc) is 2.62. The molecule has 0 aromatic carbocycles. The molecule has 0 N–H and O–H groups in total. The fourth-order valence-corrected chi connectivity index (χ4v) is 1.49. The molecule has 1 rings (SSSR count). The third-order valence-corrected chi connectivity index (χ3v) is 2.14. The summed E-state index contributed by atoms with van der Waals surface area (Å²) in [6.45, 7) is 7.64. The first kappa shape index (κ1) is 12.8. The molecule has 0 amide bonds. The minimum atomic E-state index is 0.245. The van der Waals surface area contributed by atoms with Crippen molar-refractivity contribution >= 4 is 28.1 Å². The summed E-state index contributed by atoms with van der Waals surface area (Å²) in [5.41, 5.74) is 0. The maximum Gasteiger partial charge on any atom is 0.247 e. The van der Waals surface area contributed by atoms with Gasteiger partial charge in [-0.3, -0.25) is 4.99 Å². The van der Waals surface area contributed by atoms with Crippen LogP contribution >= 0.6 is 15.9 Å². The molecule has 6 heteroatoms. The van der Waals surface area contributed by atoms with E-state index in [1.165, 1.54) is 0 Å². The zero-order valence-electron chi connectivity index (χ0n) is 9.55. The second-order valence-corrected chi connectivity index (χ2v) is 4.05. The van der Waals surface area contributed by atoms with Gasteiger partial charge in [0.05, 0.1) is 0 Å². The van der Waals surface area contributed by atoms with Crippen molar-refractivity contribution in [2.24, 2.45) is 9.98 Å². The Morgan fingerprint density at radius 3 is 2.75 bits per heavy atom. The van der Waals surface area contributed by atoms with Gasteiger partial charge in [0, 0.05) is 19.2 Å². The molecule has 5 nitrogen and oxygen atoms in total. The normalized spacial score (nSPS) is 12.7. The van der Waals surface area contributed by atoms with Gasteiger partial charge in [-0.2, -0.15) is 4.68 Å². The van der Waals surface area contributed by atoms with Crippen LogP contribution in [0.2, 0.25) is 0 Å². The standard InChI is InChI=1S/C10H14BrN5/c1-5-6-13-10(12-4)16-8(7(2)3)14-9(11)15-16/h5-7H,1H2,2-4H3/b12-10?,13-6-. The van der Waals surface area contributed by atoms with Crippen molar-refractivity contribution < 1.29 is 0 Å². The molecular weight excluding hydrogens is 270 g/mol. The van der Waals surface area contributed by atoms with E-state index in [2.05, 4.69) is 42.6 Å². The van der Waals surface area contributed by atoms with Crippen molar-refractivity contribution in [1.82, 2.24) is 14.8 Å². The SMILES string of the molecule is C=C/C=N\C(=NC)n1nc(Br)nc1C(C)C. The zero-order valence-corrected chi connectivity index (χ0v) is 11.1. The van der Waals surface area contributed by atoms with Crippen molar-refractivity contribution in [2.75, 3.05) is 7.05 Å². The van der Waals surface area contributed by atoms with Gasteiger partial charge in [-0.1, -0.05) is 26.5 Å². The molecule has 0 aliphatic heterocycles. The Kier molecular flexibility index (Phi) is 4.54. The molecule has 0 atom stereocenters. The van der Waals surface area contributed by atoms with Crippen molar-refractivity contribution in [3.63, 3.8) is 0 Å². The molecule has 0 saturated heterocycles. The number of aromatic nitrogens is 3. The lowest BCUT2D eigenvalue weighted by Crippen LogP contribution is -2.16. The molecule has 1 aromatic heterocycles. The third-order valence-electron chi connectivity index (χ3n) is 1.81. The van der Waals surface area contributed by atoms with Crippen LogP contribution in [0.25, 0.3) is 0 Å². The molecule has 0 aliphatic carbocycles. The molecule has 0 bridgehead atoms. The number of halogens is 1. The molecule has 0 fully saturated rings. The number of nitrogens with zero attached hydrogens (tertiary/aromatic N) is 5. The predicted molar refractivity (Wildman–Crippen MR) is 69.3 cm³/mol. The van der Waals surface area contributed by atoms with E-state index in [1.807, 2.05) is 13.8 Å². The maximum atomic E-state index is 4.28. The Morgan fingerprint density at radius 2 is 2.25 bits per heavy atom. The molecule has 86 valence electrons. The van der Waals surface area contributed by atoms with Crippen LogP contribution in [0.4, 0.5) is 0 Å². The highest BCUT2D eigenvalue weighted by Gasteiger charge is 2.14. The van der Waals surface area contributed by atoms with Crippen LogP contribution in [0.15, 0.2) is 27.4 Å². The zero-order chi connectivity index (χ0) is 12.1. The van der Waals surface area contributed by atoms with Gasteiger partial charge in [-0.05, 0) is 15.9 Å². The topological polar surface area (TPSA) is 55.4 Å². The first-order valence-corrected chi connectivity index (χ1v) is 5.64. The van der Waals surface area contributed by atoms with E-state index in [4.69, 9.17) is 0 Å². The lowest BCUT2D eigenvalue weighted by atomic mass is 10.2. The Morgan fingerprint density at radius 1 is 1.56 bits per heavy atom. The summed E-state index contributed by atoms with van der Waals surface area (Å²) in [6, 6.07) is 0. The van der Waals surface area contributed by atoms with E-state index in [1.54, 1.807) is 24.0 Å². The fraction of sp³-hybridized carbons (Fsp3) is 0.400. The van der Waals surface area contributed by atoms with Gasteiger partial charge in [0.1, 0.15) is 5.82 Å². The summed E-state index contributed by atoms with van der Waals surface area (Å²) in [7, 11) is 1.66. The fourth-order valence-electron chi connectivity index (χ4n) is 1.15. The van der Waals surface area contributed by atoms with Gasteiger partial charge in [0.25, 0.3) is 0 Å². The van der Waals surface area contributed by atoms with E-state index in [0.717, 1.165) is 5.82 Å². The van der Waals surface area contributed by atoms with Crippen LogP contribution in [-0.4, -0.2) is 34.0 Å². The molecule has 0 saturated carbocycles. The van der Waals surface area contributed by atoms with E-state index in [0.29, 0.717) is 10.7 Å². The largest absolute Gasteiger partial charge is 0.253 e. The van der Waals surface area contributed by atoms with Gasteiger partial charge in [0.15, 0.2) is 0 Å². The Hall–Kier alpha value is -1.30. The summed E-state index contributed by atoms with van der Waals surface area (Å²) in [6.07, 6.45) is 3.16. The molecule has 0 radical (unpaired) electrons. The van der Waals surface area contributed by atoms with Crippen LogP contribution in [0.1, 0.15) is 25.6 Å². The van der Waals surface area contributed by atoms with E-state index < -0.39 is 0 Å². The van der Waals surface area contributed by atoms with Gasteiger partial charge < -0.3 is 0 Å². The summed E-state index contributed by atoms with van der Waals surface area (Å²) in [4.78, 5) is 12.5. The second kappa shape index (κ2) is 5.69. The lowest BCUT2D eigenvalue weighted by Gasteiger charge is -2.06. The molecule has 0 unspecified atom stereocenters. The van der Waals surface area contributed by atoms with E-state index >= 15 is 0 Å². The van der Waals surface area contributed by atoms with Crippen LogP contribution < -0.4 is 0 Å². The van der Waals surface area contributed by atoms with Gasteiger partial charge >= 0.3 is 0 Å². The summed E-state index contributed by atoms with van der Waals surface area (Å²) >= 11 is 3.25.